The van der Waals surface area contributed by atoms with Gasteiger partial charge in [0.05, 0.1) is 12.2 Å². The molecular formula is C28H33N7O5. The van der Waals surface area contributed by atoms with Crippen molar-refractivity contribution in [2.24, 2.45) is 22.2 Å². The topological polar surface area (TPSA) is 195 Å². The minimum atomic E-state index is -1.03. The number of amides is 4. The fraction of sp³-hybridized carbons (Fsp3) is 0.250. The maximum Gasteiger partial charge on any atom is 0.407 e. The van der Waals surface area contributed by atoms with Crippen molar-refractivity contribution in [2.75, 3.05) is 24.5 Å². The number of ether oxygens (including phenoxy) is 1. The van der Waals surface area contributed by atoms with Crippen molar-refractivity contribution in [3.8, 4) is 0 Å². The van der Waals surface area contributed by atoms with Gasteiger partial charge in [-0.1, -0.05) is 66.7 Å². The van der Waals surface area contributed by atoms with E-state index in [1.807, 2.05) is 48.5 Å². The first-order chi connectivity index (χ1) is 19.3. The predicted octanol–water partition coefficient (Wildman–Crippen LogP) is 1.12. The Balaban J connectivity index is 1.68. The average molecular weight is 548 g/mol. The number of hydrogen-bond donors (Lipinski definition) is 5. The monoisotopic (exact) mass is 547 g/mol. The lowest BCUT2D eigenvalue weighted by atomic mass is 10.0. The van der Waals surface area contributed by atoms with Gasteiger partial charge in [-0.2, -0.15) is 0 Å². The van der Waals surface area contributed by atoms with Gasteiger partial charge in [0.1, 0.15) is 19.2 Å². The van der Waals surface area contributed by atoms with E-state index in [1.165, 1.54) is 4.90 Å². The lowest BCUT2D eigenvalue weighted by Crippen LogP contribution is -2.52. The number of nitrogens with two attached hydrogens (primary N) is 3. The summed E-state index contributed by atoms with van der Waals surface area (Å²) in [6.45, 7) is -0.565. The number of nitrogens with zero attached hydrogens (tertiary/aromatic N) is 2. The first-order valence-corrected chi connectivity index (χ1v) is 12.6. The number of carbonyl (C=O) groups excluding carboxylic acids is 4. The fourth-order valence-electron chi connectivity index (χ4n) is 4.03. The molecule has 0 spiro atoms. The number of guanidine groups is 1. The number of alkyl carbamates (subject to hydrolysis) is 1. The van der Waals surface area contributed by atoms with Gasteiger partial charge in [0.15, 0.2) is 5.96 Å². The molecule has 4 amide bonds. The summed E-state index contributed by atoms with van der Waals surface area (Å²) in [5, 5.41) is 6.40. The first kappa shape index (κ1) is 29.4. The summed E-state index contributed by atoms with van der Waals surface area (Å²) in [7, 11) is 0. The molecule has 0 unspecified atom stereocenters. The van der Waals surface area contributed by atoms with Crippen LogP contribution in [-0.2, 0) is 25.7 Å². The maximum atomic E-state index is 13.5. The molecule has 3 aromatic carbocycles. The van der Waals surface area contributed by atoms with Gasteiger partial charge in [-0.25, -0.2) is 4.79 Å². The van der Waals surface area contributed by atoms with Gasteiger partial charge in [-0.3, -0.25) is 24.3 Å². The largest absolute Gasteiger partial charge is 0.445 e. The Morgan fingerprint density at radius 1 is 0.850 bits per heavy atom. The zero-order valence-electron chi connectivity index (χ0n) is 21.9. The molecule has 0 aliphatic carbocycles. The highest BCUT2D eigenvalue weighted by Crippen LogP contribution is 2.29. The van der Waals surface area contributed by atoms with Gasteiger partial charge in [-0.05, 0) is 29.9 Å². The molecule has 210 valence electrons. The molecule has 0 fully saturated rings. The van der Waals surface area contributed by atoms with Crippen LogP contribution in [-0.4, -0.2) is 55.5 Å². The third-order valence-corrected chi connectivity index (χ3v) is 5.91. The summed E-state index contributed by atoms with van der Waals surface area (Å²) in [5.74, 6) is -1.99. The minimum Gasteiger partial charge on any atom is -0.445 e. The second-order valence-electron chi connectivity index (χ2n) is 8.82. The van der Waals surface area contributed by atoms with Gasteiger partial charge >= 0.3 is 6.09 Å². The minimum absolute atomic E-state index is 0.0461. The third-order valence-electron chi connectivity index (χ3n) is 5.91. The molecule has 12 heteroatoms. The summed E-state index contributed by atoms with van der Waals surface area (Å²) in [6, 6.07) is 20.8. The standard InChI is InChI=1S/C28H33N7O5/c29-26(38)23(14-7-15-32-27(30)31)35(22-13-6-11-20-10-4-5-12-21(20)22)25(37)17-33-24(36)16-34-28(39)40-18-19-8-2-1-3-9-19/h1-6,8-13,23H,7,14-18H2,(H2,29,38)(H,33,36)(H,34,39)(H4,30,31,32)/t23-/m0/s1. The molecule has 40 heavy (non-hydrogen) atoms. The number of hydrogen-bond acceptors (Lipinski definition) is 6. The summed E-state index contributed by atoms with van der Waals surface area (Å²) < 4.78 is 5.08. The Labute approximate surface area is 231 Å². The van der Waals surface area contributed by atoms with Gasteiger partial charge in [0, 0.05) is 11.9 Å². The van der Waals surface area contributed by atoms with E-state index < -0.39 is 42.9 Å². The van der Waals surface area contributed by atoms with E-state index in [0.29, 0.717) is 12.1 Å². The zero-order valence-corrected chi connectivity index (χ0v) is 21.9. The zero-order chi connectivity index (χ0) is 28.9. The molecule has 0 aliphatic heterocycles. The SMILES string of the molecule is NC(=O)[C@H](CCCN=C(N)N)N(C(=O)CNC(=O)CNC(=O)OCc1ccccc1)c1cccc2ccccc12. The molecule has 0 bridgehead atoms. The van der Waals surface area contributed by atoms with E-state index in [4.69, 9.17) is 21.9 Å². The molecule has 0 radical (unpaired) electrons. The third kappa shape index (κ3) is 8.72. The molecule has 0 aromatic heterocycles. The Morgan fingerprint density at radius 2 is 1.55 bits per heavy atom. The Kier molecular flexibility index (Phi) is 10.8. The van der Waals surface area contributed by atoms with Gasteiger partial charge in [0.25, 0.3) is 0 Å². The average Bonchev–Trinajstić information content (AvgIpc) is 2.95. The molecule has 12 nitrogen and oxygen atoms in total. The summed E-state index contributed by atoms with van der Waals surface area (Å²) in [4.78, 5) is 55.6. The molecule has 0 saturated carbocycles. The lowest BCUT2D eigenvalue weighted by molar-refractivity contribution is -0.126. The van der Waals surface area contributed by atoms with E-state index in [1.54, 1.807) is 24.3 Å². The smallest absolute Gasteiger partial charge is 0.407 e. The Hall–Kier alpha value is -5.13. The molecule has 3 aromatic rings. The normalized spacial score (nSPS) is 11.2. The van der Waals surface area contributed by atoms with Crippen LogP contribution in [0.2, 0.25) is 0 Å². The lowest BCUT2D eigenvalue weighted by Gasteiger charge is -2.31. The van der Waals surface area contributed by atoms with Crippen molar-refractivity contribution in [3.63, 3.8) is 0 Å². The van der Waals surface area contributed by atoms with Gasteiger partial charge in [0.2, 0.25) is 17.7 Å². The van der Waals surface area contributed by atoms with Crippen LogP contribution in [0.3, 0.4) is 0 Å². The highest BCUT2D eigenvalue weighted by atomic mass is 16.5. The molecular weight excluding hydrogens is 514 g/mol. The fourth-order valence-corrected chi connectivity index (χ4v) is 4.03. The Bertz CT molecular complexity index is 1350. The van der Waals surface area contributed by atoms with Crippen LogP contribution in [0, 0.1) is 0 Å². The molecule has 0 aliphatic rings. The van der Waals surface area contributed by atoms with Crippen LogP contribution >= 0.6 is 0 Å². The number of anilines is 1. The molecule has 3 rings (SSSR count). The van der Waals surface area contributed by atoms with Crippen molar-refractivity contribution < 1.29 is 23.9 Å². The van der Waals surface area contributed by atoms with Crippen molar-refractivity contribution in [3.05, 3.63) is 78.4 Å². The van der Waals surface area contributed by atoms with Crippen LogP contribution in [0.5, 0.6) is 0 Å². The van der Waals surface area contributed by atoms with E-state index in [-0.39, 0.29) is 25.5 Å². The van der Waals surface area contributed by atoms with E-state index in [2.05, 4.69) is 15.6 Å². The number of aliphatic imine (C=N–C) groups is 1. The van der Waals surface area contributed by atoms with Crippen molar-refractivity contribution in [1.82, 2.24) is 10.6 Å². The van der Waals surface area contributed by atoms with Crippen LogP contribution in [0.1, 0.15) is 18.4 Å². The molecule has 0 heterocycles. The quantitative estimate of drug-likeness (QED) is 0.120. The number of carbonyl (C=O) groups is 4. The second-order valence-corrected chi connectivity index (χ2v) is 8.82. The van der Waals surface area contributed by atoms with E-state index in [0.717, 1.165) is 16.3 Å². The molecule has 0 saturated heterocycles. The maximum absolute atomic E-state index is 13.5. The molecule has 8 N–H and O–H groups in total. The highest BCUT2D eigenvalue weighted by Gasteiger charge is 2.30. The van der Waals surface area contributed by atoms with Crippen LogP contribution in [0.15, 0.2) is 77.8 Å². The van der Waals surface area contributed by atoms with Gasteiger partial charge in [-0.15, -0.1) is 0 Å². The van der Waals surface area contributed by atoms with Crippen molar-refractivity contribution in [2.45, 2.75) is 25.5 Å². The van der Waals surface area contributed by atoms with E-state index >= 15 is 0 Å². The number of fused-ring (bicyclic) bond motifs is 1. The Morgan fingerprint density at radius 3 is 2.27 bits per heavy atom. The van der Waals surface area contributed by atoms with Crippen LogP contribution < -0.4 is 32.7 Å². The molecule has 1 atom stereocenters. The number of primary amides is 1. The summed E-state index contributed by atoms with van der Waals surface area (Å²) >= 11 is 0. The van der Waals surface area contributed by atoms with Crippen molar-refractivity contribution in [1.29, 1.82) is 0 Å². The summed E-state index contributed by atoms with van der Waals surface area (Å²) in [5.41, 5.74) is 17.8. The number of nitrogens with one attached hydrogen (secondary N) is 2. The van der Waals surface area contributed by atoms with Crippen molar-refractivity contribution >= 4 is 46.2 Å². The first-order valence-electron chi connectivity index (χ1n) is 12.6. The second kappa shape index (κ2) is 14.7. The summed E-state index contributed by atoms with van der Waals surface area (Å²) in [6.07, 6.45) is -0.220. The van der Waals surface area contributed by atoms with E-state index in [9.17, 15) is 19.2 Å². The highest BCUT2D eigenvalue weighted by molar-refractivity contribution is 6.08. The number of rotatable bonds is 13. The van der Waals surface area contributed by atoms with Crippen LogP contribution in [0.4, 0.5) is 10.5 Å². The van der Waals surface area contributed by atoms with Crippen LogP contribution in [0.25, 0.3) is 10.8 Å². The number of benzene rings is 3. The predicted molar refractivity (Wildman–Crippen MR) is 152 cm³/mol. The van der Waals surface area contributed by atoms with Gasteiger partial charge < -0.3 is 32.6 Å².